The average Bonchev–Trinajstić information content (AvgIpc) is 3.34. The summed E-state index contributed by atoms with van der Waals surface area (Å²) in [6.07, 6.45) is 1.65. The lowest BCUT2D eigenvalue weighted by molar-refractivity contribution is -0.148. The Balaban J connectivity index is 1.54. The third kappa shape index (κ3) is 3.54. The summed E-state index contributed by atoms with van der Waals surface area (Å²) in [5, 5.41) is 8.69. The standard InChI is InChI=1S/C29H27N3O4/c1-3-35-29(34)18-10-8-14-32(16-18)23-15-22(30-21-13-7-4-9-17(21)2)24-25-26(23)31-36-28(25)20-12-6-5-11-19(20)27(24)33/h4-7,9,11-13,15,18,30H,3,8,10,14,16H2,1-2H3/t18-/m1/s1. The number of carbonyl (C=O) groups excluding carboxylic acids is 2. The van der Waals surface area contributed by atoms with E-state index in [2.05, 4.69) is 15.4 Å². The molecule has 1 atom stereocenters. The number of aryl methyl sites for hydroxylation is 1. The second-order valence-corrected chi connectivity index (χ2v) is 9.41. The van der Waals surface area contributed by atoms with Crippen molar-refractivity contribution in [1.29, 1.82) is 0 Å². The molecule has 0 saturated carbocycles. The summed E-state index contributed by atoms with van der Waals surface area (Å²) < 4.78 is 11.2. The molecule has 36 heavy (non-hydrogen) atoms. The lowest BCUT2D eigenvalue weighted by Gasteiger charge is -2.34. The van der Waals surface area contributed by atoms with Gasteiger partial charge in [-0.1, -0.05) is 47.6 Å². The van der Waals surface area contributed by atoms with Crippen LogP contribution in [0.1, 0.15) is 41.3 Å². The van der Waals surface area contributed by atoms with E-state index in [4.69, 9.17) is 9.26 Å². The molecule has 6 rings (SSSR count). The van der Waals surface area contributed by atoms with Gasteiger partial charge in [0, 0.05) is 29.9 Å². The number of piperidine rings is 1. The predicted octanol–water partition coefficient (Wildman–Crippen LogP) is 5.87. The molecule has 3 aromatic carbocycles. The molecular formula is C29H27N3O4. The van der Waals surface area contributed by atoms with E-state index in [-0.39, 0.29) is 17.7 Å². The molecule has 2 aliphatic rings. The van der Waals surface area contributed by atoms with E-state index >= 15 is 0 Å². The van der Waals surface area contributed by atoms with E-state index in [1.807, 2.05) is 68.4 Å². The Hall–Kier alpha value is -4.13. The monoisotopic (exact) mass is 481 g/mol. The smallest absolute Gasteiger partial charge is 0.310 e. The molecule has 1 fully saturated rings. The summed E-state index contributed by atoms with van der Waals surface area (Å²) in [5.74, 6) is 0.169. The van der Waals surface area contributed by atoms with Crippen molar-refractivity contribution in [2.24, 2.45) is 5.92 Å². The average molecular weight is 482 g/mol. The largest absolute Gasteiger partial charge is 0.466 e. The van der Waals surface area contributed by atoms with Gasteiger partial charge in [-0.25, -0.2) is 0 Å². The number of ketones is 1. The molecule has 182 valence electrons. The van der Waals surface area contributed by atoms with Crippen molar-refractivity contribution in [3.8, 4) is 11.3 Å². The fourth-order valence-electron chi connectivity index (χ4n) is 5.39. The van der Waals surface area contributed by atoms with Crippen LogP contribution in [0.4, 0.5) is 17.1 Å². The zero-order chi connectivity index (χ0) is 24.8. The van der Waals surface area contributed by atoms with E-state index in [1.54, 1.807) is 0 Å². The number of hydrogen-bond acceptors (Lipinski definition) is 7. The lowest BCUT2D eigenvalue weighted by Crippen LogP contribution is -2.39. The molecule has 1 aliphatic heterocycles. The third-order valence-electron chi connectivity index (χ3n) is 7.17. The molecule has 0 bridgehead atoms. The second-order valence-electron chi connectivity index (χ2n) is 9.41. The maximum Gasteiger partial charge on any atom is 0.310 e. The molecule has 4 aromatic rings. The SMILES string of the molecule is CCOC(=O)[C@@H]1CCCN(c2cc(Nc3ccccc3C)c3c4c(onc24)-c2ccccc2C3=O)C1. The molecule has 1 N–H and O–H groups in total. The van der Waals surface area contributed by atoms with Crippen molar-refractivity contribution in [3.05, 3.63) is 71.3 Å². The Labute approximate surface area is 209 Å². The van der Waals surface area contributed by atoms with E-state index < -0.39 is 0 Å². The minimum Gasteiger partial charge on any atom is -0.466 e. The Morgan fingerprint density at radius 1 is 1.14 bits per heavy atom. The quantitative estimate of drug-likeness (QED) is 0.314. The number of aromatic nitrogens is 1. The fourth-order valence-corrected chi connectivity index (χ4v) is 5.39. The number of carbonyl (C=O) groups is 2. The molecular weight excluding hydrogens is 454 g/mol. The number of esters is 1. The van der Waals surface area contributed by atoms with E-state index in [1.165, 1.54) is 0 Å². The summed E-state index contributed by atoms with van der Waals surface area (Å²) in [7, 11) is 0. The second kappa shape index (κ2) is 8.82. The van der Waals surface area contributed by atoms with Gasteiger partial charge in [-0.05, 0) is 44.4 Å². The van der Waals surface area contributed by atoms with Crippen LogP contribution in [0.3, 0.4) is 0 Å². The van der Waals surface area contributed by atoms with Crippen molar-refractivity contribution < 1.29 is 18.8 Å². The van der Waals surface area contributed by atoms with Crippen molar-refractivity contribution in [2.75, 3.05) is 29.9 Å². The topological polar surface area (TPSA) is 84.7 Å². The molecule has 0 spiro atoms. The number of rotatable bonds is 5. The van der Waals surface area contributed by atoms with E-state index in [0.717, 1.165) is 41.9 Å². The normalized spacial score (nSPS) is 16.7. The molecule has 0 amide bonds. The molecule has 1 aromatic heterocycles. The Bertz CT molecular complexity index is 1510. The van der Waals surface area contributed by atoms with Gasteiger partial charge in [0.05, 0.1) is 34.8 Å². The van der Waals surface area contributed by atoms with Crippen LogP contribution in [0.2, 0.25) is 0 Å². The molecule has 1 saturated heterocycles. The summed E-state index contributed by atoms with van der Waals surface area (Å²) in [5.41, 5.74) is 6.10. The Kier molecular flexibility index (Phi) is 5.48. The zero-order valence-electron chi connectivity index (χ0n) is 20.3. The number of benzene rings is 3. The summed E-state index contributed by atoms with van der Waals surface area (Å²) >= 11 is 0. The number of nitrogens with one attached hydrogen (secondary N) is 1. The van der Waals surface area contributed by atoms with Crippen molar-refractivity contribution in [3.63, 3.8) is 0 Å². The van der Waals surface area contributed by atoms with Gasteiger partial charge in [-0.15, -0.1) is 0 Å². The highest BCUT2D eigenvalue weighted by Crippen LogP contribution is 2.47. The van der Waals surface area contributed by atoms with Crippen LogP contribution < -0.4 is 10.2 Å². The van der Waals surface area contributed by atoms with Gasteiger partial charge < -0.3 is 19.5 Å². The van der Waals surface area contributed by atoms with Crippen LogP contribution in [-0.2, 0) is 9.53 Å². The number of ether oxygens (including phenoxy) is 1. The van der Waals surface area contributed by atoms with Crippen molar-refractivity contribution >= 4 is 39.7 Å². The van der Waals surface area contributed by atoms with Gasteiger partial charge in [0.1, 0.15) is 5.52 Å². The summed E-state index contributed by atoms with van der Waals surface area (Å²) in [4.78, 5) is 28.5. The van der Waals surface area contributed by atoms with Gasteiger partial charge >= 0.3 is 5.97 Å². The van der Waals surface area contributed by atoms with E-state index in [0.29, 0.717) is 46.6 Å². The van der Waals surface area contributed by atoms with Crippen LogP contribution in [-0.4, -0.2) is 36.6 Å². The number of hydrogen-bond donors (Lipinski definition) is 1. The van der Waals surface area contributed by atoms with Gasteiger partial charge in [-0.2, -0.15) is 0 Å². The summed E-state index contributed by atoms with van der Waals surface area (Å²) in [6, 6.07) is 17.5. The minimum absolute atomic E-state index is 0.0584. The molecule has 0 unspecified atom stereocenters. The highest BCUT2D eigenvalue weighted by molar-refractivity contribution is 6.28. The van der Waals surface area contributed by atoms with Crippen LogP contribution in [0.15, 0.2) is 59.1 Å². The first-order chi connectivity index (χ1) is 17.6. The highest BCUT2D eigenvalue weighted by Gasteiger charge is 2.35. The molecule has 1 aliphatic carbocycles. The molecule has 7 heteroatoms. The highest BCUT2D eigenvalue weighted by atomic mass is 16.5. The molecule has 7 nitrogen and oxygen atoms in total. The molecule has 2 heterocycles. The van der Waals surface area contributed by atoms with Gasteiger partial charge in [0.15, 0.2) is 11.5 Å². The first-order valence-corrected chi connectivity index (χ1v) is 12.4. The van der Waals surface area contributed by atoms with Crippen molar-refractivity contribution in [2.45, 2.75) is 26.7 Å². The van der Waals surface area contributed by atoms with Crippen LogP contribution in [0.5, 0.6) is 0 Å². The fraction of sp³-hybridized carbons (Fsp3) is 0.276. The maximum atomic E-state index is 13.8. The molecule has 0 radical (unpaired) electrons. The number of nitrogens with zero attached hydrogens (tertiary/aromatic N) is 2. The lowest BCUT2D eigenvalue weighted by atomic mass is 9.86. The Morgan fingerprint density at radius 2 is 1.92 bits per heavy atom. The van der Waals surface area contributed by atoms with Crippen LogP contribution >= 0.6 is 0 Å². The van der Waals surface area contributed by atoms with Crippen LogP contribution in [0.25, 0.3) is 22.2 Å². The van der Waals surface area contributed by atoms with E-state index in [9.17, 15) is 9.59 Å². The predicted molar refractivity (Wildman–Crippen MR) is 139 cm³/mol. The first-order valence-electron chi connectivity index (χ1n) is 12.4. The van der Waals surface area contributed by atoms with Crippen LogP contribution in [0, 0.1) is 12.8 Å². The van der Waals surface area contributed by atoms with Gasteiger partial charge in [0.25, 0.3) is 0 Å². The Morgan fingerprint density at radius 3 is 2.72 bits per heavy atom. The third-order valence-corrected chi connectivity index (χ3v) is 7.17. The summed E-state index contributed by atoms with van der Waals surface area (Å²) in [6.45, 7) is 5.54. The van der Waals surface area contributed by atoms with Crippen molar-refractivity contribution in [1.82, 2.24) is 5.16 Å². The number of fused-ring (bicyclic) bond motifs is 2. The zero-order valence-corrected chi connectivity index (χ0v) is 20.3. The first kappa shape index (κ1) is 22.3. The maximum absolute atomic E-state index is 13.8. The van der Waals surface area contributed by atoms with Gasteiger partial charge in [-0.3, -0.25) is 9.59 Å². The number of anilines is 3. The number of para-hydroxylation sites is 1. The van der Waals surface area contributed by atoms with Gasteiger partial charge in [0.2, 0.25) is 0 Å². The minimum atomic E-state index is -0.206.